The van der Waals surface area contributed by atoms with E-state index in [4.69, 9.17) is 0 Å². The second kappa shape index (κ2) is 11.8. The summed E-state index contributed by atoms with van der Waals surface area (Å²) < 4.78 is 25.0. The first-order valence-corrected chi connectivity index (χ1v) is 11.5. The van der Waals surface area contributed by atoms with E-state index in [0.29, 0.717) is 19.0 Å². The molecule has 0 atom stereocenters. The highest BCUT2D eigenvalue weighted by Crippen LogP contribution is 2.26. The Labute approximate surface area is 179 Å². The zero-order chi connectivity index (χ0) is 21.3. The SMILES string of the molecule is CN=C(NCCN1CCN(C(=O)C2CCCC2)CC1)NC1CCN(CC(F)F)CC1. The highest BCUT2D eigenvalue weighted by Gasteiger charge is 2.29. The van der Waals surface area contributed by atoms with Gasteiger partial charge in [0, 0.05) is 71.4 Å². The molecule has 1 saturated carbocycles. The Hall–Kier alpha value is -1.48. The fourth-order valence-electron chi connectivity index (χ4n) is 4.80. The van der Waals surface area contributed by atoms with Gasteiger partial charge in [-0.2, -0.15) is 0 Å². The maximum absolute atomic E-state index is 12.5. The molecule has 0 aromatic carbocycles. The van der Waals surface area contributed by atoms with Crippen LogP contribution in [0.15, 0.2) is 4.99 Å². The van der Waals surface area contributed by atoms with E-state index in [-0.39, 0.29) is 18.5 Å². The highest BCUT2D eigenvalue weighted by atomic mass is 19.3. The molecule has 2 heterocycles. The van der Waals surface area contributed by atoms with E-state index in [0.717, 1.165) is 70.9 Å². The molecule has 0 spiro atoms. The smallest absolute Gasteiger partial charge is 0.251 e. The van der Waals surface area contributed by atoms with Gasteiger partial charge < -0.3 is 15.5 Å². The summed E-state index contributed by atoms with van der Waals surface area (Å²) in [5.74, 6) is 1.42. The van der Waals surface area contributed by atoms with Crippen LogP contribution >= 0.6 is 0 Å². The summed E-state index contributed by atoms with van der Waals surface area (Å²) in [5, 5.41) is 6.79. The van der Waals surface area contributed by atoms with Crippen LogP contribution in [0.2, 0.25) is 0 Å². The number of likely N-dealkylation sites (tertiary alicyclic amines) is 1. The Morgan fingerprint density at radius 2 is 1.67 bits per heavy atom. The van der Waals surface area contributed by atoms with Crippen molar-refractivity contribution in [1.29, 1.82) is 0 Å². The molecule has 9 heteroatoms. The summed E-state index contributed by atoms with van der Waals surface area (Å²) in [4.78, 5) is 23.1. The number of carbonyl (C=O) groups is 1. The largest absolute Gasteiger partial charge is 0.355 e. The number of alkyl halides is 2. The van der Waals surface area contributed by atoms with Gasteiger partial charge in [-0.15, -0.1) is 0 Å². The van der Waals surface area contributed by atoms with Crippen LogP contribution in [0.25, 0.3) is 0 Å². The average Bonchev–Trinajstić information content (AvgIpc) is 3.29. The summed E-state index contributed by atoms with van der Waals surface area (Å²) >= 11 is 0. The predicted octanol–water partition coefficient (Wildman–Crippen LogP) is 1.22. The first kappa shape index (κ1) is 23.2. The maximum atomic E-state index is 12.5. The lowest BCUT2D eigenvalue weighted by molar-refractivity contribution is -0.137. The summed E-state index contributed by atoms with van der Waals surface area (Å²) in [6, 6.07) is 0.273. The molecular weight excluding hydrogens is 390 g/mol. The Morgan fingerprint density at radius 3 is 2.27 bits per heavy atom. The van der Waals surface area contributed by atoms with Crippen LogP contribution in [0.5, 0.6) is 0 Å². The van der Waals surface area contributed by atoms with Crippen molar-refractivity contribution >= 4 is 11.9 Å². The third-order valence-electron chi connectivity index (χ3n) is 6.66. The van der Waals surface area contributed by atoms with Crippen molar-refractivity contribution in [3.05, 3.63) is 0 Å². The van der Waals surface area contributed by atoms with E-state index in [2.05, 4.69) is 25.4 Å². The van der Waals surface area contributed by atoms with Crippen LogP contribution in [0, 0.1) is 5.92 Å². The fraction of sp³-hybridized carbons (Fsp3) is 0.905. The van der Waals surface area contributed by atoms with Gasteiger partial charge in [0.1, 0.15) is 0 Å². The normalized spacial score (nSPS) is 23.3. The van der Waals surface area contributed by atoms with Crippen molar-refractivity contribution in [2.24, 2.45) is 10.9 Å². The number of guanidine groups is 1. The number of halogens is 2. The van der Waals surface area contributed by atoms with E-state index in [1.165, 1.54) is 12.8 Å². The van der Waals surface area contributed by atoms with Crippen LogP contribution in [0.1, 0.15) is 38.5 Å². The van der Waals surface area contributed by atoms with Crippen LogP contribution in [0.3, 0.4) is 0 Å². The molecule has 1 aliphatic carbocycles. The van der Waals surface area contributed by atoms with Gasteiger partial charge in [0.05, 0.1) is 6.54 Å². The Balaban J connectivity index is 1.29. The Bertz CT molecular complexity index is 554. The number of piperazine rings is 1. The number of rotatable bonds is 7. The van der Waals surface area contributed by atoms with Crippen molar-refractivity contribution in [2.75, 3.05) is 66.0 Å². The van der Waals surface area contributed by atoms with Gasteiger partial charge >= 0.3 is 0 Å². The van der Waals surface area contributed by atoms with Crippen molar-refractivity contribution in [3.8, 4) is 0 Å². The number of nitrogens with zero attached hydrogens (tertiary/aromatic N) is 4. The molecule has 3 aliphatic rings. The molecule has 2 saturated heterocycles. The third kappa shape index (κ3) is 7.04. The molecule has 2 aliphatic heterocycles. The molecule has 30 heavy (non-hydrogen) atoms. The molecule has 0 bridgehead atoms. The molecule has 1 amide bonds. The molecule has 0 aromatic heterocycles. The second-order valence-electron chi connectivity index (χ2n) is 8.76. The summed E-state index contributed by atoms with van der Waals surface area (Å²) in [7, 11) is 1.76. The summed E-state index contributed by atoms with van der Waals surface area (Å²) in [6.45, 7) is 6.49. The van der Waals surface area contributed by atoms with Gasteiger partial charge in [0.25, 0.3) is 6.43 Å². The van der Waals surface area contributed by atoms with Crippen LogP contribution < -0.4 is 10.6 Å². The van der Waals surface area contributed by atoms with Crippen LogP contribution in [0.4, 0.5) is 8.78 Å². The molecule has 0 radical (unpaired) electrons. The van der Waals surface area contributed by atoms with Gasteiger partial charge in [-0.05, 0) is 25.7 Å². The highest BCUT2D eigenvalue weighted by molar-refractivity contribution is 5.80. The predicted molar refractivity (Wildman–Crippen MR) is 115 cm³/mol. The van der Waals surface area contributed by atoms with Crippen molar-refractivity contribution in [2.45, 2.75) is 51.0 Å². The molecule has 3 rings (SSSR count). The number of nitrogens with one attached hydrogen (secondary N) is 2. The quantitative estimate of drug-likeness (QED) is 0.472. The first-order chi connectivity index (χ1) is 14.5. The minimum atomic E-state index is -2.26. The summed E-state index contributed by atoms with van der Waals surface area (Å²) in [6.07, 6.45) is 3.99. The van der Waals surface area contributed by atoms with Crippen LogP contribution in [-0.2, 0) is 4.79 Å². The van der Waals surface area contributed by atoms with E-state index in [1.54, 1.807) is 7.05 Å². The van der Waals surface area contributed by atoms with Crippen molar-refractivity contribution in [1.82, 2.24) is 25.3 Å². The third-order valence-corrected chi connectivity index (χ3v) is 6.66. The van der Waals surface area contributed by atoms with Gasteiger partial charge in [-0.25, -0.2) is 8.78 Å². The molecule has 0 unspecified atom stereocenters. The monoisotopic (exact) mass is 428 g/mol. The van der Waals surface area contributed by atoms with E-state index < -0.39 is 6.43 Å². The minimum absolute atomic E-state index is 0.126. The molecular formula is C21H38F2N6O. The topological polar surface area (TPSA) is 63.2 Å². The van der Waals surface area contributed by atoms with Gasteiger partial charge in [0.15, 0.2) is 5.96 Å². The lowest BCUT2D eigenvalue weighted by Crippen LogP contribution is -2.53. The molecule has 3 fully saturated rings. The standard InChI is InChI=1S/C21H38F2N6O/c1-24-21(26-18-6-9-28(10-7-18)16-19(22)23)25-8-11-27-12-14-29(15-13-27)20(30)17-4-2-3-5-17/h17-19H,2-16H2,1H3,(H2,24,25,26). The van der Waals surface area contributed by atoms with Gasteiger partial charge in [-0.1, -0.05) is 12.8 Å². The minimum Gasteiger partial charge on any atom is -0.355 e. The van der Waals surface area contributed by atoms with Gasteiger partial charge in [0.2, 0.25) is 5.91 Å². The number of amides is 1. The number of hydrogen-bond acceptors (Lipinski definition) is 4. The molecule has 0 aromatic rings. The Kier molecular flexibility index (Phi) is 9.11. The van der Waals surface area contributed by atoms with Gasteiger partial charge in [-0.3, -0.25) is 19.6 Å². The van der Waals surface area contributed by atoms with Crippen molar-refractivity contribution in [3.63, 3.8) is 0 Å². The zero-order valence-electron chi connectivity index (χ0n) is 18.3. The maximum Gasteiger partial charge on any atom is 0.251 e. The number of carbonyl (C=O) groups excluding carboxylic acids is 1. The number of piperidine rings is 1. The average molecular weight is 429 g/mol. The van der Waals surface area contributed by atoms with Crippen LogP contribution in [-0.4, -0.2) is 105 Å². The fourth-order valence-corrected chi connectivity index (χ4v) is 4.80. The lowest BCUT2D eigenvalue weighted by atomic mass is 10.1. The summed E-state index contributed by atoms with van der Waals surface area (Å²) in [5.41, 5.74) is 0. The molecule has 7 nitrogen and oxygen atoms in total. The zero-order valence-corrected chi connectivity index (χ0v) is 18.3. The van der Waals surface area contributed by atoms with Crippen molar-refractivity contribution < 1.29 is 13.6 Å². The number of aliphatic imine (C=N–C) groups is 1. The molecule has 172 valence electrons. The van der Waals surface area contributed by atoms with E-state index in [1.807, 2.05) is 4.90 Å². The second-order valence-corrected chi connectivity index (χ2v) is 8.76. The number of hydrogen-bond donors (Lipinski definition) is 2. The Morgan fingerprint density at radius 1 is 1.00 bits per heavy atom. The van der Waals surface area contributed by atoms with E-state index >= 15 is 0 Å². The first-order valence-electron chi connectivity index (χ1n) is 11.5. The lowest BCUT2D eigenvalue weighted by Gasteiger charge is -2.36. The molecule has 2 N–H and O–H groups in total. The van der Waals surface area contributed by atoms with E-state index in [9.17, 15) is 13.6 Å².